The highest BCUT2D eigenvalue weighted by molar-refractivity contribution is 6.31. The van der Waals surface area contributed by atoms with Gasteiger partial charge < -0.3 is 10.6 Å². The minimum absolute atomic E-state index is 0.0278. The fraction of sp³-hybridized carbons (Fsp3) is 0.500. The predicted octanol–water partition coefficient (Wildman–Crippen LogP) is 2.82. The first kappa shape index (κ1) is 14.3. The fourth-order valence-corrected chi connectivity index (χ4v) is 2.74. The molecule has 2 N–H and O–H groups in total. The molecule has 104 valence electrons. The molecule has 3 nitrogen and oxygen atoms in total. The average molecular weight is 285 g/mol. The summed E-state index contributed by atoms with van der Waals surface area (Å²) in [6.45, 7) is 2.50. The van der Waals surface area contributed by atoms with Crippen LogP contribution in [0.5, 0.6) is 0 Å². The maximum Gasteiger partial charge on any atom is 0.257 e. The van der Waals surface area contributed by atoms with Crippen LogP contribution in [0, 0.1) is 5.82 Å². The van der Waals surface area contributed by atoms with Crippen LogP contribution in [0.3, 0.4) is 0 Å². The molecule has 1 aliphatic rings. The third-order valence-corrected chi connectivity index (χ3v) is 3.81. The molecule has 2 rings (SSSR count). The van der Waals surface area contributed by atoms with E-state index in [1.807, 2.05) is 6.92 Å². The lowest BCUT2D eigenvalue weighted by molar-refractivity contribution is 0.0579. The van der Waals surface area contributed by atoms with E-state index >= 15 is 0 Å². The van der Waals surface area contributed by atoms with Gasteiger partial charge in [-0.05, 0) is 44.4 Å². The lowest BCUT2D eigenvalue weighted by Crippen LogP contribution is -2.51. The van der Waals surface area contributed by atoms with Crippen molar-refractivity contribution in [3.63, 3.8) is 0 Å². The number of rotatable bonds is 2. The topological polar surface area (TPSA) is 46.3 Å². The zero-order valence-corrected chi connectivity index (χ0v) is 11.7. The smallest absolute Gasteiger partial charge is 0.257 e. The highest BCUT2D eigenvalue weighted by atomic mass is 35.5. The van der Waals surface area contributed by atoms with Crippen LogP contribution in [0.1, 0.15) is 36.5 Å². The van der Waals surface area contributed by atoms with Gasteiger partial charge in [0.05, 0.1) is 5.56 Å². The number of hydrogen-bond acceptors (Lipinski definition) is 2. The van der Waals surface area contributed by atoms with Crippen LogP contribution >= 0.6 is 11.6 Å². The molecule has 0 spiro atoms. The number of halogens is 2. The molecule has 1 aromatic rings. The molecule has 19 heavy (non-hydrogen) atoms. The van der Waals surface area contributed by atoms with Gasteiger partial charge in [-0.2, -0.15) is 0 Å². The largest absolute Gasteiger partial charge is 0.334 e. The third-order valence-electron chi connectivity index (χ3n) is 3.58. The molecule has 1 saturated heterocycles. The molecule has 1 heterocycles. The second-order valence-corrected chi connectivity index (χ2v) is 5.48. The van der Waals surface area contributed by atoms with Gasteiger partial charge in [0.2, 0.25) is 0 Å². The van der Waals surface area contributed by atoms with Crippen molar-refractivity contribution in [2.24, 2.45) is 5.73 Å². The van der Waals surface area contributed by atoms with E-state index in [9.17, 15) is 9.18 Å². The summed E-state index contributed by atoms with van der Waals surface area (Å²) in [5.41, 5.74) is 5.96. The summed E-state index contributed by atoms with van der Waals surface area (Å²) in [6.07, 6.45) is 2.84. The van der Waals surface area contributed by atoms with Gasteiger partial charge in [0.1, 0.15) is 5.82 Å². The molecule has 2 atom stereocenters. The summed E-state index contributed by atoms with van der Waals surface area (Å²) >= 11 is 5.84. The number of benzene rings is 1. The number of piperidine rings is 1. The molecule has 0 saturated carbocycles. The third kappa shape index (κ3) is 3.07. The van der Waals surface area contributed by atoms with Crippen molar-refractivity contribution in [2.45, 2.75) is 38.3 Å². The number of nitrogens with zero attached hydrogens (tertiary/aromatic N) is 1. The van der Waals surface area contributed by atoms with E-state index in [2.05, 4.69) is 0 Å². The van der Waals surface area contributed by atoms with Crippen molar-refractivity contribution in [1.29, 1.82) is 0 Å². The zero-order valence-electron chi connectivity index (χ0n) is 10.9. The Balaban J connectivity index is 2.28. The van der Waals surface area contributed by atoms with Gasteiger partial charge in [0, 0.05) is 23.7 Å². The standard InChI is InChI=1S/C14H18ClFN2O/c1-9(17)13-4-2-3-7-18(13)14(19)11-8-10(15)5-6-12(11)16/h5-6,8-9,13H,2-4,7,17H2,1H3. The van der Waals surface area contributed by atoms with Gasteiger partial charge in [0.15, 0.2) is 0 Å². The molecule has 2 unspecified atom stereocenters. The van der Waals surface area contributed by atoms with Gasteiger partial charge >= 0.3 is 0 Å². The van der Waals surface area contributed by atoms with Crippen molar-refractivity contribution < 1.29 is 9.18 Å². The summed E-state index contributed by atoms with van der Waals surface area (Å²) in [5, 5.41) is 0.360. The maximum absolute atomic E-state index is 13.8. The van der Waals surface area contributed by atoms with Crippen LogP contribution in [0.25, 0.3) is 0 Å². The maximum atomic E-state index is 13.8. The van der Waals surface area contributed by atoms with E-state index in [-0.39, 0.29) is 23.6 Å². The lowest BCUT2D eigenvalue weighted by Gasteiger charge is -2.38. The van der Waals surface area contributed by atoms with Gasteiger partial charge in [-0.15, -0.1) is 0 Å². The normalized spacial score (nSPS) is 21.3. The van der Waals surface area contributed by atoms with Crippen molar-refractivity contribution >= 4 is 17.5 Å². The Morgan fingerprint density at radius 1 is 1.53 bits per heavy atom. The second-order valence-electron chi connectivity index (χ2n) is 5.04. The summed E-state index contributed by atoms with van der Waals surface area (Å²) in [5.74, 6) is -0.856. The van der Waals surface area contributed by atoms with E-state index < -0.39 is 5.82 Å². The van der Waals surface area contributed by atoms with Gasteiger partial charge in [0.25, 0.3) is 5.91 Å². The van der Waals surface area contributed by atoms with Crippen LogP contribution in [-0.4, -0.2) is 29.4 Å². The number of likely N-dealkylation sites (tertiary alicyclic amines) is 1. The first-order valence-electron chi connectivity index (χ1n) is 6.52. The molecule has 0 aromatic heterocycles. The Kier molecular flexibility index (Phi) is 4.42. The average Bonchev–Trinajstić information content (AvgIpc) is 2.40. The van der Waals surface area contributed by atoms with Gasteiger partial charge in [-0.3, -0.25) is 4.79 Å². The van der Waals surface area contributed by atoms with E-state index in [4.69, 9.17) is 17.3 Å². The summed E-state index contributed by atoms with van der Waals surface area (Å²) in [7, 11) is 0. The van der Waals surface area contributed by atoms with E-state index in [0.29, 0.717) is 11.6 Å². The molecule has 1 aromatic carbocycles. The number of hydrogen-bond donors (Lipinski definition) is 1. The molecule has 1 fully saturated rings. The van der Waals surface area contributed by atoms with Crippen LogP contribution < -0.4 is 5.73 Å². The number of carbonyl (C=O) groups excluding carboxylic acids is 1. The van der Waals surface area contributed by atoms with Crippen LogP contribution in [0.4, 0.5) is 4.39 Å². The second kappa shape index (κ2) is 5.88. The molecule has 1 amide bonds. The highest BCUT2D eigenvalue weighted by Gasteiger charge is 2.31. The van der Waals surface area contributed by atoms with Crippen molar-refractivity contribution in [3.8, 4) is 0 Å². The van der Waals surface area contributed by atoms with Crippen molar-refractivity contribution in [1.82, 2.24) is 4.90 Å². The molecule has 5 heteroatoms. The quantitative estimate of drug-likeness (QED) is 0.908. The van der Waals surface area contributed by atoms with Crippen LogP contribution in [0.15, 0.2) is 18.2 Å². The fourth-order valence-electron chi connectivity index (χ4n) is 2.57. The molecule has 0 radical (unpaired) electrons. The Morgan fingerprint density at radius 2 is 2.26 bits per heavy atom. The van der Waals surface area contributed by atoms with E-state index in [1.54, 1.807) is 4.90 Å². The van der Waals surface area contributed by atoms with E-state index in [1.165, 1.54) is 18.2 Å². The minimum Gasteiger partial charge on any atom is -0.334 e. The van der Waals surface area contributed by atoms with Crippen LogP contribution in [0.2, 0.25) is 5.02 Å². The summed E-state index contributed by atoms with van der Waals surface area (Å²) in [4.78, 5) is 14.1. The predicted molar refractivity (Wildman–Crippen MR) is 73.7 cm³/mol. The summed E-state index contributed by atoms with van der Waals surface area (Å²) < 4.78 is 13.8. The molecule has 0 aliphatic carbocycles. The molecule has 1 aliphatic heterocycles. The molecular weight excluding hydrogens is 267 g/mol. The number of nitrogens with two attached hydrogens (primary N) is 1. The lowest BCUT2D eigenvalue weighted by atomic mass is 9.96. The van der Waals surface area contributed by atoms with Gasteiger partial charge in [-0.1, -0.05) is 11.6 Å². The Hall–Kier alpha value is -1.13. The zero-order chi connectivity index (χ0) is 14.0. The Morgan fingerprint density at radius 3 is 2.95 bits per heavy atom. The van der Waals surface area contributed by atoms with Crippen molar-refractivity contribution in [2.75, 3.05) is 6.54 Å². The first-order valence-corrected chi connectivity index (χ1v) is 6.90. The SMILES string of the molecule is CC(N)C1CCCCN1C(=O)c1cc(Cl)ccc1F. The monoisotopic (exact) mass is 284 g/mol. The Labute approximate surface area is 117 Å². The highest BCUT2D eigenvalue weighted by Crippen LogP contribution is 2.23. The van der Waals surface area contributed by atoms with Crippen LogP contribution in [-0.2, 0) is 0 Å². The van der Waals surface area contributed by atoms with E-state index in [0.717, 1.165) is 19.3 Å². The van der Waals surface area contributed by atoms with Crippen molar-refractivity contribution in [3.05, 3.63) is 34.6 Å². The minimum atomic E-state index is -0.539. The molecule has 0 bridgehead atoms. The molecular formula is C14H18ClFN2O. The first-order chi connectivity index (χ1) is 9.00. The number of amides is 1. The number of carbonyl (C=O) groups is 1. The Bertz CT molecular complexity index is 479. The summed E-state index contributed by atoms with van der Waals surface area (Å²) in [6, 6.07) is 3.89. The van der Waals surface area contributed by atoms with Gasteiger partial charge in [-0.25, -0.2) is 4.39 Å².